The zero-order chi connectivity index (χ0) is 20.9. The number of thioether (sulfide) groups is 1. The van der Waals surface area contributed by atoms with Crippen molar-refractivity contribution in [1.82, 2.24) is 15.2 Å². The van der Waals surface area contributed by atoms with Gasteiger partial charge in [-0.15, -0.1) is 10.2 Å². The van der Waals surface area contributed by atoms with Crippen LogP contribution in [0.1, 0.15) is 0 Å². The van der Waals surface area contributed by atoms with Gasteiger partial charge in [0.15, 0.2) is 9.47 Å². The minimum atomic E-state index is -0.147. The lowest BCUT2D eigenvalue weighted by atomic mass is 10.3. The van der Waals surface area contributed by atoms with E-state index in [-0.39, 0.29) is 11.7 Å². The number of aromatic nitrogens is 3. The Morgan fingerprint density at radius 1 is 1.00 bits per heavy atom. The van der Waals surface area contributed by atoms with Crippen LogP contribution in [0.15, 0.2) is 46.8 Å². The highest BCUT2D eigenvalue weighted by molar-refractivity contribution is 8.01. The smallest absolute Gasteiger partial charge is 0.236 e. The summed E-state index contributed by atoms with van der Waals surface area (Å²) in [5, 5.41) is 15.5. The number of anilines is 3. The molecule has 0 spiro atoms. The van der Waals surface area contributed by atoms with Crippen molar-refractivity contribution >= 4 is 66.5 Å². The Morgan fingerprint density at radius 3 is 2.53 bits per heavy atom. The van der Waals surface area contributed by atoms with Gasteiger partial charge < -0.3 is 20.1 Å². The molecule has 0 unspecified atom stereocenters. The second-order valence-electron chi connectivity index (χ2n) is 5.92. The largest absolute Gasteiger partial charge is 0.497 e. The highest BCUT2D eigenvalue weighted by Crippen LogP contribution is 2.30. The number of ether oxygens (including phenoxy) is 2. The molecular weight excluding hydrogens is 442 g/mol. The van der Waals surface area contributed by atoms with Crippen molar-refractivity contribution in [3.05, 3.63) is 42.5 Å². The fourth-order valence-corrected chi connectivity index (χ4v) is 4.97. The van der Waals surface area contributed by atoms with Gasteiger partial charge in [0.1, 0.15) is 11.5 Å². The predicted molar refractivity (Wildman–Crippen MR) is 122 cm³/mol. The van der Waals surface area contributed by atoms with Crippen LogP contribution in [-0.4, -0.2) is 41.1 Å². The summed E-state index contributed by atoms with van der Waals surface area (Å²) in [6.07, 6.45) is 0. The number of nitrogens with one attached hydrogen (secondary N) is 2. The monoisotopic (exact) mass is 459 g/mol. The number of nitrogens with zero attached hydrogens (tertiary/aromatic N) is 3. The summed E-state index contributed by atoms with van der Waals surface area (Å²) >= 11 is 4.12. The quantitative estimate of drug-likeness (QED) is 0.368. The van der Waals surface area contributed by atoms with E-state index in [4.69, 9.17) is 9.47 Å². The maximum Gasteiger partial charge on any atom is 0.236 e. The number of fused-ring (bicyclic) bond motifs is 1. The molecule has 1 amide bonds. The average molecular weight is 460 g/mol. The van der Waals surface area contributed by atoms with Gasteiger partial charge in [-0.1, -0.05) is 34.4 Å². The van der Waals surface area contributed by atoms with Gasteiger partial charge in [0.05, 0.1) is 30.2 Å². The van der Waals surface area contributed by atoms with E-state index in [1.165, 1.54) is 34.4 Å². The lowest BCUT2D eigenvalue weighted by Crippen LogP contribution is -2.13. The van der Waals surface area contributed by atoms with E-state index in [2.05, 4.69) is 25.8 Å². The van der Waals surface area contributed by atoms with Gasteiger partial charge in [-0.3, -0.25) is 4.79 Å². The van der Waals surface area contributed by atoms with Crippen molar-refractivity contribution in [2.24, 2.45) is 0 Å². The van der Waals surface area contributed by atoms with Crippen LogP contribution in [-0.2, 0) is 4.79 Å². The number of rotatable bonds is 8. The molecule has 0 bridgehead atoms. The molecule has 0 radical (unpaired) electrons. The molecule has 8 nitrogen and oxygen atoms in total. The predicted octanol–water partition coefficient (Wildman–Crippen LogP) is 4.64. The van der Waals surface area contributed by atoms with Gasteiger partial charge in [0, 0.05) is 5.69 Å². The van der Waals surface area contributed by atoms with Crippen molar-refractivity contribution in [3.8, 4) is 11.5 Å². The topological polar surface area (TPSA) is 98.3 Å². The SMILES string of the molecule is COc1ccc(Nc2nnc(SCC(=O)Nc3nc4ccc(OC)cc4s3)s2)cc1. The van der Waals surface area contributed by atoms with Crippen LogP contribution in [0, 0.1) is 0 Å². The standard InChI is InChI=1S/C19H17N5O3S3/c1-26-12-5-3-11(4-6-12)20-18-23-24-19(30-18)28-10-16(25)22-17-21-14-8-7-13(27-2)9-15(14)29-17/h3-9H,10H2,1-2H3,(H,20,23)(H,21,22,25). The second-order valence-corrected chi connectivity index (χ2v) is 9.15. The fourth-order valence-electron chi connectivity index (χ4n) is 2.48. The van der Waals surface area contributed by atoms with Crippen molar-refractivity contribution in [2.75, 3.05) is 30.6 Å². The zero-order valence-corrected chi connectivity index (χ0v) is 18.5. The first-order valence-corrected chi connectivity index (χ1v) is 11.4. The van der Waals surface area contributed by atoms with Gasteiger partial charge in [0.2, 0.25) is 11.0 Å². The number of carbonyl (C=O) groups excluding carboxylic acids is 1. The van der Waals surface area contributed by atoms with Crippen LogP contribution in [0.5, 0.6) is 11.5 Å². The average Bonchev–Trinajstić information content (AvgIpc) is 3.38. The first-order valence-electron chi connectivity index (χ1n) is 8.75. The Kier molecular flexibility index (Phi) is 6.31. The van der Waals surface area contributed by atoms with Gasteiger partial charge in [-0.25, -0.2) is 4.98 Å². The summed E-state index contributed by atoms with van der Waals surface area (Å²) in [7, 11) is 3.24. The molecule has 30 heavy (non-hydrogen) atoms. The van der Waals surface area contributed by atoms with Crippen molar-refractivity contribution in [3.63, 3.8) is 0 Å². The van der Waals surface area contributed by atoms with Crippen LogP contribution >= 0.6 is 34.4 Å². The number of thiazole rings is 1. The Bertz CT molecular complexity index is 1160. The molecular formula is C19H17N5O3S3. The third-order valence-electron chi connectivity index (χ3n) is 3.92. The summed E-state index contributed by atoms with van der Waals surface area (Å²) in [5.41, 5.74) is 1.70. The van der Waals surface area contributed by atoms with E-state index >= 15 is 0 Å². The van der Waals surface area contributed by atoms with E-state index < -0.39 is 0 Å². The van der Waals surface area contributed by atoms with E-state index in [0.717, 1.165) is 27.4 Å². The maximum absolute atomic E-state index is 12.3. The number of hydrogen-bond acceptors (Lipinski definition) is 10. The van der Waals surface area contributed by atoms with Crippen molar-refractivity contribution in [1.29, 1.82) is 0 Å². The van der Waals surface area contributed by atoms with Crippen LogP contribution in [0.2, 0.25) is 0 Å². The van der Waals surface area contributed by atoms with Crippen LogP contribution in [0.3, 0.4) is 0 Å². The first kappa shape index (κ1) is 20.4. The summed E-state index contributed by atoms with van der Waals surface area (Å²) in [6, 6.07) is 13.1. The van der Waals surface area contributed by atoms with Crippen LogP contribution < -0.4 is 20.1 Å². The normalized spacial score (nSPS) is 10.7. The Labute approximate surface area is 184 Å². The molecule has 4 aromatic rings. The van der Waals surface area contributed by atoms with Gasteiger partial charge in [0.25, 0.3) is 0 Å². The number of benzene rings is 2. The van der Waals surface area contributed by atoms with E-state index in [0.29, 0.717) is 14.6 Å². The van der Waals surface area contributed by atoms with E-state index in [1.54, 1.807) is 14.2 Å². The Hall–Kier alpha value is -2.89. The zero-order valence-electron chi connectivity index (χ0n) is 16.0. The summed E-state index contributed by atoms with van der Waals surface area (Å²) in [5.74, 6) is 1.62. The Morgan fingerprint density at radius 2 is 1.77 bits per heavy atom. The minimum Gasteiger partial charge on any atom is -0.497 e. The van der Waals surface area contributed by atoms with Gasteiger partial charge in [-0.05, 0) is 42.5 Å². The molecule has 0 saturated heterocycles. The molecule has 4 rings (SSSR count). The Balaban J connectivity index is 1.30. The van der Waals surface area contributed by atoms with Gasteiger partial charge >= 0.3 is 0 Å². The minimum absolute atomic E-state index is 0.147. The molecule has 0 aliphatic carbocycles. The molecule has 0 aliphatic heterocycles. The molecule has 2 aromatic heterocycles. The summed E-state index contributed by atoms with van der Waals surface area (Å²) in [6.45, 7) is 0. The lowest BCUT2D eigenvalue weighted by Gasteiger charge is -2.03. The van der Waals surface area contributed by atoms with Crippen molar-refractivity contribution in [2.45, 2.75) is 4.34 Å². The highest BCUT2D eigenvalue weighted by Gasteiger charge is 2.11. The molecule has 11 heteroatoms. The summed E-state index contributed by atoms with van der Waals surface area (Å²) in [4.78, 5) is 16.7. The van der Waals surface area contributed by atoms with Crippen LogP contribution in [0.4, 0.5) is 16.0 Å². The highest BCUT2D eigenvalue weighted by atomic mass is 32.2. The number of carbonyl (C=O) groups is 1. The molecule has 0 fully saturated rings. The third-order valence-corrected chi connectivity index (χ3v) is 6.82. The number of methoxy groups -OCH3 is 2. The van der Waals surface area contributed by atoms with E-state index in [9.17, 15) is 4.79 Å². The molecule has 2 heterocycles. The maximum atomic E-state index is 12.3. The molecule has 2 aromatic carbocycles. The lowest BCUT2D eigenvalue weighted by molar-refractivity contribution is -0.113. The van der Waals surface area contributed by atoms with Crippen LogP contribution in [0.25, 0.3) is 10.2 Å². The fraction of sp³-hybridized carbons (Fsp3) is 0.158. The molecule has 0 saturated carbocycles. The first-order chi connectivity index (χ1) is 14.6. The number of hydrogen-bond donors (Lipinski definition) is 2. The summed E-state index contributed by atoms with van der Waals surface area (Å²) < 4.78 is 12.0. The molecule has 2 N–H and O–H groups in total. The third kappa shape index (κ3) is 4.99. The molecule has 154 valence electrons. The number of amides is 1. The van der Waals surface area contributed by atoms with Crippen molar-refractivity contribution < 1.29 is 14.3 Å². The molecule has 0 aliphatic rings. The van der Waals surface area contributed by atoms with Gasteiger partial charge in [-0.2, -0.15) is 0 Å². The molecule has 0 atom stereocenters. The second kappa shape index (κ2) is 9.28. The van der Waals surface area contributed by atoms with E-state index in [1.807, 2.05) is 42.5 Å².